The molecule has 0 aromatic rings. The fraction of sp³-hybridized carbons (Fsp3) is 0.875. The molecule has 2 atom stereocenters. The molecule has 0 spiro atoms. The van der Waals surface area contributed by atoms with Crippen molar-refractivity contribution in [2.75, 3.05) is 20.6 Å². The van der Waals surface area contributed by atoms with Gasteiger partial charge in [-0.05, 0) is 27.9 Å². The molecule has 0 bridgehead atoms. The molecule has 2 unspecified atom stereocenters. The molecule has 1 aliphatic heterocycles. The predicted octanol–water partition coefficient (Wildman–Crippen LogP) is 0.821. The molecule has 2 N–H and O–H groups in total. The monoisotopic (exact) mass is 190 g/mol. The van der Waals surface area contributed by atoms with Gasteiger partial charge in [0.25, 0.3) is 0 Å². The van der Waals surface area contributed by atoms with Crippen LogP contribution in [-0.2, 0) is 0 Å². The first-order chi connectivity index (χ1) is 5.86. The van der Waals surface area contributed by atoms with Crippen LogP contribution in [0, 0.1) is 0 Å². The number of carbonyl (C=O) groups is 1. The molecular formula is C8H18N2O3. The maximum atomic E-state index is 8.56. The van der Waals surface area contributed by atoms with Gasteiger partial charge < -0.3 is 10.2 Å². The summed E-state index contributed by atoms with van der Waals surface area (Å²) in [5.41, 5.74) is 0. The van der Waals surface area contributed by atoms with Crippen LogP contribution in [0.25, 0.3) is 0 Å². The average Bonchev–Trinajstić information content (AvgIpc) is 2.17. The molecule has 0 aliphatic carbocycles. The lowest BCUT2D eigenvalue weighted by Gasteiger charge is -2.21. The molecule has 1 fully saturated rings. The van der Waals surface area contributed by atoms with Gasteiger partial charge in [0.05, 0.1) is 6.17 Å². The Morgan fingerprint density at radius 1 is 1.31 bits per heavy atom. The minimum absolute atomic E-state index is 0.625. The van der Waals surface area contributed by atoms with Crippen LogP contribution >= 0.6 is 0 Å². The van der Waals surface area contributed by atoms with Crippen molar-refractivity contribution in [3.05, 3.63) is 0 Å². The lowest BCUT2D eigenvalue weighted by Crippen LogP contribution is -2.32. The first-order valence-electron chi connectivity index (χ1n) is 4.20. The third kappa shape index (κ3) is 4.10. The lowest BCUT2D eigenvalue weighted by molar-refractivity contribution is 0.137. The summed E-state index contributed by atoms with van der Waals surface area (Å²) in [7, 11) is 4.35. The highest BCUT2D eigenvalue weighted by molar-refractivity contribution is 5.53. The van der Waals surface area contributed by atoms with E-state index in [1.807, 2.05) is 0 Å². The predicted molar refractivity (Wildman–Crippen MR) is 50.0 cm³/mol. The summed E-state index contributed by atoms with van der Waals surface area (Å²) in [4.78, 5) is 13.3. The van der Waals surface area contributed by atoms with Crippen molar-refractivity contribution < 1.29 is 15.0 Å². The van der Waals surface area contributed by atoms with Gasteiger partial charge in [-0.15, -0.1) is 0 Å². The van der Waals surface area contributed by atoms with Crippen LogP contribution < -0.4 is 0 Å². The number of hydrogen-bond donors (Lipinski definition) is 2. The van der Waals surface area contributed by atoms with Gasteiger partial charge in [0.1, 0.15) is 0 Å². The van der Waals surface area contributed by atoms with E-state index < -0.39 is 6.16 Å². The molecule has 1 rings (SSSR count). The maximum absolute atomic E-state index is 8.56. The van der Waals surface area contributed by atoms with Gasteiger partial charge in [0.15, 0.2) is 0 Å². The van der Waals surface area contributed by atoms with Gasteiger partial charge in [-0.25, -0.2) is 4.79 Å². The number of carboxylic acid groups (broad SMARTS) is 2. The quantitative estimate of drug-likeness (QED) is 0.592. The minimum Gasteiger partial charge on any atom is -0.450 e. The molecule has 0 amide bonds. The Balaban J connectivity index is 0.000000310. The highest BCUT2D eigenvalue weighted by Crippen LogP contribution is 2.14. The van der Waals surface area contributed by atoms with E-state index in [1.165, 1.54) is 6.54 Å². The zero-order valence-electron chi connectivity index (χ0n) is 8.56. The van der Waals surface area contributed by atoms with Gasteiger partial charge in [-0.3, -0.25) is 9.80 Å². The Bertz CT molecular complexity index is 159. The van der Waals surface area contributed by atoms with Gasteiger partial charge in [0.2, 0.25) is 0 Å². The SMILES string of the molecule is CC1CN(C)C(C)N1C.O=C(O)O. The van der Waals surface area contributed by atoms with Crippen LogP contribution in [0.1, 0.15) is 13.8 Å². The summed E-state index contributed by atoms with van der Waals surface area (Å²) >= 11 is 0. The van der Waals surface area contributed by atoms with Gasteiger partial charge in [0, 0.05) is 12.6 Å². The minimum atomic E-state index is -1.83. The van der Waals surface area contributed by atoms with Crippen molar-refractivity contribution in [1.29, 1.82) is 0 Å². The summed E-state index contributed by atoms with van der Waals surface area (Å²) in [6.45, 7) is 5.71. The molecule has 5 heteroatoms. The van der Waals surface area contributed by atoms with E-state index in [-0.39, 0.29) is 0 Å². The summed E-state index contributed by atoms with van der Waals surface area (Å²) in [5, 5.41) is 13.9. The zero-order chi connectivity index (χ0) is 10.6. The third-order valence-corrected chi connectivity index (χ3v) is 2.47. The Morgan fingerprint density at radius 3 is 1.77 bits per heavy atom. The Hall–Kier alpha value is -0.810. The van der Waals surface area contributed by atoms with Crippen molar-refractivity contribution in [1.82, 2.24) is 9.80 Å². The van der Waals surface area contributed by atoms with E-state index in [1.54, 1.807) is 0 Å². The second-order valence-corrected chi connectivity index (χ2v) is 3.37. The van der Waals surface area contributed by atoms with Crippen molar-refractivity contribution >= 4 is 6.16 Å². The second-order valence-electron chi connectivity index (χ2n) is 3.37. The molecule has 1 aliphatic rings. The van der Waals surface area contributed by atoms with Crippen molar-refractivity contribution in [3.63, 3.8) is 0 Å². The van der Waals surface area contributed by atoms with Crippen molar-refractivity contribution in [2.24, 2.45) is 0 Å². The number of rotatable bonds is 0. The topological polar surface area (TPSA) is 64.0 Å². The number of hydrogen-bond acceptors (Lipinski definition) is 3. The molecule has 0 aromatic heterocycles. The van der Waals surface area contributed by atoms with Crippen LogP contribution in [0.5, 0.6) is 0 Å². The molecule has 1 saturated heterocycles. The third-order valence-electron chi connectivity index (χ3n) is 2.47. The van der Waals surface area contributed by atoms with Crippen LogP contribution in [0.2, 0.25) is 0 Å². The number of nitrogens with zero attached hydrogens (tertiary/aromatic N) is 2. The van der Waals surface area contributed by atoms with Crippen LogP contribution in [0.3, 0.4) is 0 Å². The Kier molecular flexibility index (Phi) is 4.72. The molecule has 0 radical (unpaired) electrons. The largest absolute Gasteiger partial charge is 0.503 e. The van der Waals surface area contributed by atoms with Gasteiger partial charge in [-0.1, -0.05) is 0 Å². The summed E-state index contributed by atoms with van der Waals surface area (Å²) in [6.07, 6.45) is -1.21. The Labute approximate surface area is 78.6 Å². The highest BCUT2D eigenvalue weighted by Gasteiger charge is 2.27. The molecule has 78 valence electrons. The van der Waals surface area contributed by atoms with Crippen molar-refractivity contribution in [3.8, 4) is 0 Å². The fourth-order valence-corrected chi connectivity index (χ4v) is 1.38. The lowest BCUT2D eigenvalue weighted by atomic mass is 10.3. The van der Waals surface area contributed by atoms with E-state index in [0.717, 1.165) is 6.04 Å². The normalized spacial score (nSPS) is 29.5. The first-order valence-corrected chi connectivity index (χ1v) is 4.20. The van der Waals surface area contributed by atoms with E-state index in [0.29, 0.717) is 6.17 Å². The van der Waals surface area contributed by atoms with E-state index in [9.17, 15) is 0 Å². The van der Waals surface area contributed by atoms with E-state index >= 15 is 0 Å². The number of likely N-dealkylation sites (N-methyl/N-ethyl adjacent to an activating group) is 2. The van der Waals surface area contributed by atoms with Gasteiger partial charge in [-0.2, -0.15) is 0 Å². The van der Waals surface area contributed by atoms with E-state index in [2.05, 4.69) is 37.7 Å². The van der Waals surface area contributed by atoms with Crippen LogP contribution in [-0.4, -0.2) is 59.0 Å². The van der Waals surface area contributed by atoms with Crippen LogP contribution in [0.4, 0.5) is 4.79 Å². The molecular weight excluding hydrogens is 172 g/mol. The average molecular weight is 190 g/mol. The fourth-order valence-electron chi connectivity index (χ4n) is 1.38. The highest BCUT2D eigenvalue weighted by atomic mass is 16.6. The smallest absolute Gasteiger partial charge is 0.450 e. The standard InChI is InChI=1S/C7H16N2.CH2O3/c1-6-5-8(3)7(2)9(6)4;2-1(3)4/h6-7H,5H2,1-4H3;(H2,2,3,4). The molecule has 1 heterocycles. The second kappa shape index (κ2) is 5.04. The Morgan fingerprint density at radius 2 is 1.69 bits per heavy atom. The molecule has 0 saturated carbocycles. The first kappa shape index (κ1) is 12.2. The summed E-state index contributed by atoms with van der Waals surface area (Å²) in [6, 6.07) is 0.727. The summed E-state index contributed by atoms with van der Waals surface area (Å²) < 4.78 is 0. The maximum Gasteiger partial charge on any atom is 0.503 e. The molecule has 5 nitrogen and oxygen atoms in total. The van der Waals surface area contributed by atoms with Crippen molar-refractivity contribution in [2.45, 2.75) is 26.1 Å². The van der Waals surface area contributed by atoms with Crippen LogP contribution in [0.15, 0.2) is 0 Å². The molecule has 0 aromatic carbocycles. The summed E-state index contributed by atoms with van der Waals surface area (Å²) in [5.74, 6) is 0. The van der Waals surface area contributed by atoms with E-state index in [4.69, 9.17) is 15.0 Å². The molecule has 13 heavy (non-hydrogen) atoms. The van der Waals surface area contributed by atoms with Gasteiger partial charge >= 0.3 is 6.16 Å². The zero-order valence-corrected chi connectivity index (χ0v) is 8.56.